The third-order valence-corrected chi connectivity index (χ3v) is 2.81. The summed E-state index contributed by atoms with van der Waals surface area (Å²) in [5.74, 6) is 1.31. The van der Waals surface area contributed by atoms with Crippen LogP contribution in [-0.4, -0.2) is 13.1 Å². The van der Waals surface area contributed by atoms with Gasteiger partial charge < -0.3 is 15.4 Å². The number of anilines is 1. The van der Waals surface area contributed by atoms with Crippen LogP contribution in [0.1, 0.15) is 18.4 Å². The highest BCUT2D eigenvalue weighted by atomic mass is 16.5. The molecule has 0 radical (unpaired) electrons. The van der Waals surface area contributed by atoms with Crippen molar-refractivity contribution in [2.45, 2.75) is 19.8 Å². The zero-order chi connectivity index (χ0) is 13.0. The number of amides is 2. The van der Waals surface area contributed by atoms with Crippen LogP contribution in [0.15, 0.2) is 30.5 Å². The molecular formula is C14H18N2O2. The number of ether oxygens (including phenoxy) is 1. The van der Waals surface area contributed by atoms with Crippen LogP contribution in [0.2, 0.25) is 0 Å². The number of benzene rings is 1. The number of aryl methyl sites for hydroxylation is 1. The van der Waals surface area contributed by atoms with Gasteiger partial charge in [-0.25, -0.2) is 4.79 Å². The van der Waals surface area contributed by atoms with E-state index in [0.717, 1.165) is 5.56 Å². The summed E-state index contributed by atoms with van der Waals surface area (Å²) in [6.07, 6.45) is 6.18. The highest BCUT2D eigenvalue weighted by Crippen LogP contribution is 2.29. The molecule has 0 atom stereocenters. The zero-order valence-corrected chi connectivity index (χ0v) is 10.7. The molecule has 1 aliphatic rings. The van der Waals surface area contributed by atoms with Crippen molar-refractivity contribution in [3.8, 4) is 5.75 Å². The fourth-order valence-corrected chi connectivity index (χ4v) is 1.63. The van der Waals surface area contributed by atoms with Gasteiger partial charge in [-0.2, -0.15) is 0 Å². The Morgan fingerprint density at radius 2 is 2.22 bits per heavy atom. The Kier molecular flexibility index (Phi) is 3.87. The van der Waals surface area contributed by atoms with Crippen molar-refractivity contribution in [1.82, 2.24) is 5.32 Å². The van der Waals surface area contributed by atoms with Crippen molar-refractivity contribution in [3.05, 3.63) is 36.0 Å². The monoisotopic (exact) mass is 246 g/mol. The first kappa shape index (κ1) is 12.5. The molecule has 0 aliphatic heterocycles. The fraction of sp³-hybridized carbons (Fsp3) is 0.357. The second-order valence-corrected chi connectivity index (χ2v) is 4.50. The van der Waals surface area contributed by atoms with Crippen LogP contribution in [0, 0.1) is 12.8 Å². The summed E-state index contributed by atoms with van der Waals surface area (Å²) >= 11 is 0. The van der Waals surface area contributed by atoms with E-state index in [9.17, 15) is 4.79 Å². The topological polar surface area (TPSA) is 50.4 Å². The Bertz CT molecular complexity index is 465. The van der Waals surface area contributed by atoms with Gasteiger partial charge in [-0.1, -0.05) is 12.1 Å². The van der Waals surface area contributed by atoms with Crippen molar-refractivity contribution >= 4 is 11.7 Å². The number of hydrogen-bond acceptors (Lipinski definition) is 2. The summed E-state index contributed by atoms with van der Waals surface area (Å²) in [5.41, 5.74) is 1.74. The van der Waals surface area contributed by atoms with E-state index in [1.54, 1.807) is 13.3 Å². The van der Waals surface area contributed by atoms with Gasteiger partial charge >= 0.3 is 6.03 Å². The van der Waals surface area contributed by atoms with Crippen LogP contribution in [0.4, 0.5) is 10.5 Å². The predicted octanol–water partition coefficient (Wildman–Crippen LogP) is 3.05. The molecule has 1 aromatic carbocycles. The molecule has 18 heavy (non-hydrogen) atoms. The lowest BCUT2D eigenvalue weighted by Gasteiger charge is -2.10. The molecule has 0 aromatic heterocycles. The molecule has 4 heteroatoms. The lowest BCUT2D eigenvalue weighted by molar-refractivity contribution is 0.255. The van der Waals surface area contributed by atoms with Crippen molar-refractivity contribution in [3.63, 3.8) is 0 Å². The zero-order valence-electron chi connectivity index (χ0n) is 10.7. The van der Waals surface area contributed by atoms with E-state index in [2.05, 4.69) is 10.6 Å². The van der Waals surface area contributed by atoms with Crippen molar-refractivity contribution in [2.75, 3.05) is 12.4 Å². The minimum atomic E-state index is -0.254. The normalized spacial score (nSPS) is 14.6. The van der Waals surface area contributed by atoms with E-state index in [1.165, 1.54) is 12.8 Å². The summed E-state index contributed by atoms with van der Waals surface area (Å²) in [5, 5.41) is 5.46. The highest BCUT2D eigenvalue weighted by Gasteiger charge is 2.17. The lowest BCUT2D eigenvalue weighted by atomic mass is 10.2. The first-order chi connectivity index (χ1) is 8.69. The third-order valence-electron chi connectivity index (χ3n) is 2.81. The molecule has 0 unspecified atom stereocenters. The average molecular weight is 246 g/mol. The van der Waals surface area contributed by atoms with E-state index in [0.29, 0.717) is 17.4 Å². The molecular weight excluding hydrogens is 228 g/mol. The second kappa shape index (κ2) is 5.58. The van der Waals surface area contributed by atoms with Crippen LogP contribution in [0.25, 0.3) is 0 Å². The summed E-state index contributed by atoms with van der Waals surface area (Å²) in [6.45, 7) is 1.97. The smallest absolute Gasteiger partial charge is 0.323 e. The molecule has 2 amide bonds. The fourth-order valence-electron chi connectivity index (χ4n) is 1.63. The van der Waals surface area contributed by atoms with Crippen molar-refractivity contribution in [1.29, 1.82) is 0 Å². The molecule has 0 saturated heterocycles. The quantitative estimate of drug-likeness (QED) is 0.857. The molecule has 1 saturated carbocycles. The molecule has 4 nitrogen and oxygen atoms in total. The van der Waals surface area contributed by atoms with Gasteiger partial charge in [0, 0.05) is 6.20 Å². The van der Waals surface area contributed by atoms with Gasteiger partial charge in [0.2, 0.25) is 0 Å². The number of carbonyl (C=O) groups excluding carboxylic acids is 1. The van der Waals surface area contributed by atoms with E-state index < -0.39 is 0 Å². The molecule has 0 spiro atoms. The standard InChI is InChI=1S/C14H18N2O2/c1-10-3-6-13(18-2)12(9-10)16-14(17)15-8-7-11-4-5-11/h3,6-9,11H,4-5H2,1-2H3,(H2,15,16,17)/b8-7+. The first-order valence-electron chi connectivity index (χ1n) is 6.08. The van der Waals surface area contributed by atoms with Crippen molar-refractivity contribution < 1.29 is 9.53 Å². The number of hydrogen-bond donors (Lipinski definition) is 2. The third kappa shape index (κ3) is 3.52. The number of allylic oxidation sites excluding steroid dienone is 1. The van der Waals surface area contributed by atoms with Crippen molar-refractivity contribution in [2.24, 2.45) is 5.92 Å². The summed E-state index contributed by atoms with van der Waals surface area (Å²) in [4.78, 5) is 11.7. The number of urea groups is 1. The Hall–Kier alpha value is -1.97. The van der Waals surface area contributed by atoms with Gasteiger partial charge in [-0.3, -0.25) is 0 Å². The van der Waals surface area contributed by atoms with Crippen LogP contribution >= 0.6 is 0 Å². The van der Waals surface area contributed by atoms with Gasteiger partial charge in [0.15, 0.2) is 0 Å². The lowest BCUT2D eigenvalue weighted by Crippen LogP contribution is -2.24. The number of methoxy groups -OCH3 is 1. The Morgan fingerprint density at radius 3 is 2.89 bits per heavy atom. The minimum Gasteiger partial charge on any atom is -0.495 e. The van der Waals surface area contributed by atoms with Gasteiger partial charge in [-0.05, 0) is 43.4 Å². The highest BCUT2D eigenvalue weighted by molar-refractivity contribution is 5.91. The predicted molar refractivity (Wildman–Crippen MR) is 71.7 cm³/mol. The first-order valence-corrected chi connectivity index (χ1v) is 6.08. The molecule has 2 N–H and O–H groups in total. The molecule has 1 fully saturated rings. The van der Waals surface area contributed by atoms with Gasteiger partial charge in [0.25, 0.3) is 0 Å². The van der Waals surface area contributed by atoms with E-state index in [4.69, 9.17) is 4.74 Å². The van der Waals surface area contributed by atoms with Crippen LogP contribution < -0.4 is 15.4 Å². The van der Waals surface area contributed by atoms with Crippen LogP contribution in [0.5, 0.6) is 5.75 Å². The summed E-state index contributed by atoms with van der Waals surface area (Å²) < 4.78 is 5.19. The molecule has 0 heterocycles. The van der Waals surface area contributed by atoms with E-state index in [-0.39, 0.29) is 6.03 Å². The maximum absolute atomic E-state index is 11.7. The molecule has 96 valence electrons. The maximum atomic E-state index is 11.7. The molecule has 1 aliphatic carbocycles. The number of rotatable bonds is 4. The Balaban J connectivity index is 1.94. The maximum Gasteiger partial charge on any atom is 0.323 e. The average Bonchev–Trinajstić information content (AvgIpc) is 3.13. The molecule has 2 rings (SSSR count). The van der Waals surface area contributed by atoms with Gasteiger partial charge in [0.05, 0.1) is 12.8 Å². The van der Waals surface area contributed by atoms with E-state index in [1.807, 2.05) is 31.2 Å². The van der Waals surface area contributed by atoms with Crippen LogP contribution in [-0.2, 0) is 0 Å². The van der Waals surface area contributed by atoms with E-state index >= 15 is 0 Å². The SMILES string of the molecule is COc1ccc(C)cc1NC(=O)N/C=C/C1CC1. The molecule has 1 aromatic rings. The number of carbonyl (C=O) groups is 1. The summed E-state index contributed by atoms with van der Waals surface area (Å²) in [7, 11) is 1.58. The Morgan fingerprint density at radius 1 is 1.44 bits per heavy atom. The molecule has 0 bridgehead atoms. The second-order valence-electron chi connectivity index (χ2n) is 4.50. The largest absolute Gasteiger partial charge is 0.495 e. The Labute approximate surface area is 107 Å². The number of nitrogens with one attached hydrogen (secondary N) is 2. The summed E-state index contributed by atoms with van der Waals surface area (Å²) in [6, 6.07) is 5.40. The van der Waals surface area contributed by atoms with Gasteiger partial charge in [0.1, 0.15) is 5.75 Å². The minimum absolute atomic E-state index is 0.254. The van der Waals surface area contributed by atoms with Crippen LogP contribution in [0.3, 0.4) is 0 Å². The van der Waals surface area contributed by atoms with Gasteiger partial charge in [-0.15, -0.1) is 0 Å².